The molecule has 1 aromatic rings. The maximum absolute atomic E-state index is 14.0. The van der Waals surface area contributed by atoms with Gasteiger partial charge in [0.1, 0.15) is 0 Å². The van der Waals surface area contributed by atoms with E-state index in [4.69, 9.17) is 4.74 Å². The SMILES string of the molecule is CCCC(NCC)c1cccc(OC)c1F. The van der Waals surface area contributed by atoms with Gasteiger partial charge in [0, 0.05) is 11.6 Å². The molecule has 0 amide bonds. The molecule has 2 nitrogen and oxygen atoms in total. The summed E-state index contributed by atoms with van der Waals surface area (Å²) < 4.78 is 19.0. The van der Waals surface area contributed by atoms with Crippen LogP contribution < -0.4 is 10.1 Å². The van der Waals surface area contributed by atoms with E-state index >= 15 is 0 Å². The van der Waals surface area contributed by atoms with Gasteiger partial charge in [0.25, 0.3) is 0 Å². The summed E-state index contributed by atoms with van der Waals surface area (Å²) in [6, 6.07) is 5.37. The molecule has 0 aliphatic rings. The van der Waals surface area contributed by atoms with Crippen LogP contribution in [0.15, 0.2) is 18.2 Å². The first kappa shape index (κ1) is 13.0. The molecule has 0 aliphatic carbocycles. The maximum Gasteiger partial charge on any atom is 0.169 e. The fourth-order valence-corrected chi connectivity index (χ4v) is 1.86. The van der Waals surface area contributed by atoms with E-state index in [2.05, 4.69) is 12.2 Å². The van der Waals surface area contributed by atoms with Gasteiger partial charge in [-0.05, 0) is 19.0 Å². The van der Waals surface area contributed by atoms with Crippen molar-refractivity contribution in [2.45, 2.75) is 32.7 Å². The highest BCUT2D eigenvalue weighted by molar-refractivity contribution is 5.33. The summed E-state index contributed by atoms with van der Waals surface area (Å²) in [5.41, 5.74) is 0.697. The molecule has 1 aromatic carbocycles. The lowest BCUT2D eigenvalue weighted by atomic mass is 10.0. The van der Waals surface area contributed by atoms with Crippen LogP contribution in [-0.4, -0.2) is 13.7 Å². The molecule has 3 heteroatoms. The summed E-state index contributed by atoms with van der Waals surface area (Å²) in [6.45, 7) is 4.96. The molecule has 16 heavy (non-hydrogen) atoms. The first-order valence-electron chi connectivity index (χ1n) is 5.80. The van der Waals surface area contributed by atoms with Gasteiger partial charge in [-0.1, -0.05) is 32.4 Å². The lowest BCUT2D eigenvalue weighted by Gasteiger charge is -2.19. The monoisotopic (exact) mass is 225 g/mol. The van der Waals surface area contributed by atoms with Crippen LogP contribution in [0.2, 0.25) is 0 Å². The third-order valence-electron chi connectivity index (χ3n) is 2.62. The Labute approximate surface area is 96.8 Å². The van der Waals surface area contributed by atoms with E-state index in [1.54, 1.807) is 6.07 Å². The van der Waals surface area contributed by atoms with Gasteiger partial charge in [0.05, 0.1) is 7.11 Å². The summed E-state index contributed by atoms with van der Waals surface area (Å²) in [4.78, 5) is 0. The Morgan fingerprint density at radius 1 is 1.38 bits per heavy atom. The quantitative estimate of drug-likeness (QED) is 0.802. The summed E-state index contributed by atoms with van der Waals surface area (Å²) in [5, 5.41) is 3.30. The molecule has 1 rings (SSSR count). The Balaban J connectivity index is 2.98. The van der Waals surface area contributed by atoms with Gasteiger partial charge in [0.2, 0.25) is 0 Å². The summed E-state index contributed by atoms with van der Waals surface area (Å²) >= 11 is 0. The Bertz CT molecular complexity index is 322. The molecule has 0 radical (unpaired) electrons. The number of methoxy groups -OCH3 is 1. The number of benzene rings is 1. The van der Waals surface area contributed by atoms with Crippen LogP contribution in [0.25, 0.3) is 0 Å². The number of ether oxygens (including phenoxy) is 1. The third-order valence-corrected chi connectivity index (χ3v) is 2.62. The fraction of sp³-hybridized carbons (Fsp3) is 0.538. The molecule has 0 spiro atoms. The molecule has 1 atom stereocenters. The van der Waals surface area contributed by atoms with Crippen molar-refractivity contribution in [3.63, 3.8) is 0 Å². The predicted molar refractivity (Wildman–Crippen MR) is 64.3 cm³/mol. The zero-order valence-electron chi connectivity index (χ0n) is 10.2. The zero-order chi connectivity index (χ0) is 12.0. The van der Waals surface area contributed by atoms with Crippen LogP contribution in [0.3, 0.4) is 0 Å². The lowest BCUT2D eigenvalue weighted by Crippen LogP contribution is -2.21. The predicted octanol–water partition coefficient (Wildman–Crippen LogP) is 3.29. The molecule has 1 unspecified atom stereocenters. The van der Waals surface area contributed by atoms with Gasteiger partial charge < -0.3 is 10.1 Å². The molecule has 0 bridgehead atoms. The van der Waals surface area contributed by atoms with Crippen molar-refractivity contribution in [3.05, 3.63) is 29.6 Å². The molecule has 0 saturated carbocycles. The molecular weight excluding hydrogens is 205 g/mol. The van der Waals surface area contributed by atoms with Crippen molar-refractivity contribution < 1.29 is 9.13 Å². The number of rotatable bonds is 6. The van der Waals surface area contributed by atoms with Crippen molar-refractivity contribution >= 4 is 0 Å². The highest BCUT2D eigenvalue weighted by Gasteiger charge is 2.16. The second kappa shape index (κ2) is 6.48. The summed E-state index contributed by atoms with van der Waals surface area (Å²) in [5.74, 6) is 0.0703. The normalized spacial score (nSPS) is 12.5. The van der Waals surface area contributed by atoms with Crippen LogP contribution in [-0.2, 0) is 0 Å². The van der Waals surface area contributed by atoms with E-state index in [1.165, 1.54) is 7.11 Å². The smallest absolute Gasteiger partial charge is 0.169 e. The summed E-state index contributed by atoms with van der Waals surface area (Å²) in [7, 11) is 1.49. The van der Waals surface area contributed by atoms with Gasteiger partial charge in [-0.2, -0.15) is 0 Å². The Hall–Kier alpha value is -1.09. The van der Waals surface area contributed by atoms with E-state index in [0.29, 0.717) is 11.3 Å². The molecular formula is C13H20FNO. The van der Waals surface area contributed by atoms with Gasteiger partial charge in [-0.3, -0.25) is 0 Å². The van der Waals surface area contributed by atoms with E-state index < -0.39 is 0 Å². The zero-order valence-corrected chi connectivity index (χ0v) is 10.2. The van der Waals surface area contributed by atoms with Crippen LogP contribution in [0.5, 0.6) is 5.75 Å². The Kier molecular flexibility index (Phi) is 5.26. The number of hydrogen-bond donors (Lipinski definition) is 1. The van der Waals surface area contributed by atoms with E-state index in [0.717, 1.165) is 19.4 Å². The van der Waals surface area contributed by atoms with Gasteiger partial charge in [0.15, 0.2) is 11.6 Å². The molecule has 0 aliphatic heterocycles. The van der Waals surface area contributed by atoms with E-state index in [-0.39, 0.29) is 11.9 Å². The maximum atomic E-state index is 14.0. The average molecular weight is 225 g/mol. The topological polar surface area (TPSA) is 21.3 Å². The molecule has 1 N–H and O–H groups in total. The third kappa shape index (κ3) is 2.95. The number of nitrogens with one attached hydrogen (secondary N) is 1. The van der Waals surface area contributed by atoms with E-state index in [1.807, 2.05) is 19.1 Å². The largest absolute Gasteiger partial charge is 0.494 e. The van der Waals surface area contributed by atoms with Crippen LogP contribution in [0.4, 0.5) is 4.39 Å². The average Bonchev–Trinajstić information content (AvgIpc) is 2.29. The van der Waals surface area contributed by atoms with Gasteiger partial charge >= 0.3 is 0 Å². The first-order valence-corrected chi connectivity index (χ1v) is 5.80. The highest BCUT2D eigenvalue weighted by Crippen LogP contribution is 2.27. The minimum atomic E-state index is -0.246. The highest BCUT2D eigenvalue weighted by atomic mass is 19.1. The minimum Gasteiger partial charge on any atom is -0.494 e. The van der Waals surface area contributed by atoms with E-state index in [9.17, 15) is 4.39 Å². The molecule has 90 valence electrons. The van der Waals surface area contributed by atoms with Gasteiger partial charge in [-0.25, -0.2) is 4.39 Å². The second-order valence-corrected chi connectivity index (χ2v) is 3.76. The minimum absolute atomic E-state index is 0.0742. The first-order chi connectivity index (χ1) is 7.74. The fourth-order valence-electron chi connectivity index (χ4n) is 1.86. The summed E-state index contributed by atoms with van der Waals surface area (Å²) in [6.07, 6.45) is 1.95. The van der Waals surface area contributed by atoms with Crippen molar-refractivity contribution in [1.82, 2.24) is 5.32 Å². The second-order valence-electron chi connectivity index (χ2n) is 3.76. The van der Waals surface area contributed by atoms with Crippen LogP contribution in [0.1, 0.15) is 38.3 Å². The molecule has 0 fully saturated rings. The molecule has 0 aromatic heterocycles. The molecule has 0 saturated heterocycles. The number of hydrogen-bond acceptors (Lipinski definition) is 2. The van der Waals surface area contributed by atoms with Crippen molar-refractivity contribution in [3.8, 4) is 5.75 Å². The Morgan fingerprint density at radius 2 is 2.12 bits per heavy atom. The van der Waals surface area contributed by atoms with Crippen LogP contribution in [0, 0.1) is 5.82 Å². The standard InChI is InChI=1S/C13H20FNO/c1-4-7-11(15-5-2)10-8-6-9-12(16-3)13(10)14/h6,8-9,11,15H,4-5,7H2,1-3H3. The van der Waals surface area contributed by atoms with Crippen molar-refractivity contribution in [2.75, 3.05) is 13.7 Å². The molecule has 0 heterocycles. The van der Waals surface area contributed by atoms with Crippen molar-refractivity contribution in [2.24, 2.45) is 0 Å². The Morgan fingerprint density at radius 3 is 2.69 bits per heavy atom. The van der Waals surface area contributed by atoms with Gasteiger partial charge in [-0.15, -0.1) is 0 Å². The number of halogens is 1. The lowest BCUT2D eigenvalue weighted by molar-refractivity contribution is 0.377. The van der Waals surface area contributed by atoms with Crippen LogP contribution >= 0.6 is 0 Å². The van der Waals surface area contributed by atoms with Crippen molar-refractivity contribution in [1.29, 1.82) is 0 Å².